The van der Waals surface area contributed by atoms with Crippen LogP contribution in [0.1, 0.15) is 37.7 Å². The number of nitrogen functional groups attached to an aromatic ring is 1. The predicted molar refractivity (Wildman–Crippen MR) is 78.4 cm³/mol. The van der Waals surface area contributed by atoms with Crippen molar-refractivity contribution >= 4 is 11.6 Å². The summed E-state index contributed by atoms with van der Waals surface area (Å²) in [7, 11) is 0. The van der Waals surface area contributed by atoms with Gasteiger partial charge in [0.25, 0.3) is 0 Å². The number of carbonyl (C=O) groups excluding carboxylic acids is 1. The van der Waals surface area contributed by atoms with E-state index in [-0.39, 0.29) is 24.0 Å². The molecule has 1 aromatic carbocycles. The number of ether oxygens (including phenoxy) is 1. The van der Waals surface area contributed by atoms with Crippen molar-refractivity contribution in [3.8, 4) is 0 Å². The Hall–Kier alpha value is -1.55. The van der Waals surface area contributed by atoms with E-state index >= 15 is 0 Å². The second-order valence-electron chi connectivity index (χ2n) is 5.83. The molecular weight excluding hydrogens is 252 g/mol. The predicted octanol–water partition coefficient (Wildman–Crippen LogP) is 2.15. The second kappa shape index (κ2) is 5.44. The molecule has 3 atom stereocenters. The Kier molecular flexibility index (Phi) is 3.66. The molecule has 1 amide bonds. The van der Waals surface area contributed by atoms with Gasteiger partial charge in [-0.3, -0.25) is 4.79 Å². The lowest BCUT2D eigenvalue weighted by molar-refractivity contribution is -0.145. The third-order valence-electron chi connectivity index (χ3n) is 4.55. The molecule has 1 heterocycles. The summed E-state index contributed by atoms with van der Waals surface area (Å²) >= 11 is 0. The number of rotatable bonds is 2. The highest BCUT2D eigenvalue weighted by Gasteiger charge is 2.39. The Morgan fingerprint density at radius 3 is 3.10 bits per heavy atom. The molecule has 2 aliphatic rings. The fourth-order valence-electron chi connectivity index (χ4n) is 3.42. The zero-order chi connectivity index (χ0) is 14.1. The summed E-state index contributed by atoms with van der Waals surface area (Å²) in [5.74, 6) is 0.0636. The molecule has 4 heteroatoms. The Labute approximate surface area is 119 Å². The Bertz CT molecular complexity index is 503. The number of anilines is 1. The van der Waals surface area contributed by atoms with Gasteiger partial charge in [-0.25, -0.2) is 0 Å². The largest absolute Gasteiger partial charge is 0.399 e. The van der Waals surface area contributed by atoms with Crippen molar-refractivity contribution in [3.63, 3.8) is 0 Å². The van der Waals surface area contributed by atoms with Crippen LogP contribution < -0.4 is 5.73 Å². The first-order valence-corrected chi connectivity index (χ1v) is 7.44. The fourth-order valence-corrected chi connectivity index (χ4v) is 3.42. The number of hydrogen-bond donors (Lipinski definition) is 1. The van der Waals surface area contributed by atoms with E-state index in [1.54, 1.807) is 0 Å². The van der Waals surface area contributed by atoms with Crippen LogP contribution in [0.5, 0.6) is 0 Å². The average molecular weight is 274 g/mol. The topological polar surface area (TPSA) is 55.6 Å². The molecular formula is C16H22N2O2. The van der Waals surface area contributed by atoms with Crippen molar-refractivity contribution in [1.82, 2.24) is 4.90 Å². The average Bonchev–Trinajstić information content (AvgIpc) is 2.94. The third-order valence-corrected chi connectivity index (χ3v) is 4.55. The van der Waals surface area contributed by atoms with Crippen LogP contribution in [-0.2, 0) is 9.53 Å². The lowest BCUT2D eigenvalue weighted by Crippen LogP contribution is -2.52. The van der Waals surface area contributed by atoms with Gasteiger partial charge in [-0.15, -0.1) is 0 Å². The SMILES string of the molecule is CC(C(=O)N1CCOC2CCCC21)c1cccc(N)c1. The minimum Gasteiger partial charge on any atom is -0.399 e. The van der Waals surface area contributed by atoms with E-state index in [9.17, 15) is 4.79 Å². The van der Waals surface area contributed by atoms with Crippen molar-refractivity contribution < 1.29 is 9.53 Å². The summed E-state index contributed by atoms with van der Waals surface area (Å²) in [5.41, 5.74) is 7.52. The molecule has 1 aliphatic heterocycles. The molecule has 3 unspecified atom stereocenters. The summed E-state index contributed by atoms with van der Waals surface area (Å²) < 4.78 is 5.77. The van der Waals surface area contributed by atoms with Gasteiger partial charge in [0.05, 0.1) is 24.7 Å². The van der Waals surface area contributed by atoms with Crippen molar-refractivity contribution in [1.29, 1.82) is 0 Å². The van der Waals surface area contributed by atoms with Crippen LogP contribution in [0.3, 0.4) is 0 Å². The molecule has 1 aliphatic carbocycles. The van der Waals surface area contributed by atoms with E-state index in [1.807, 2.05) is 36.1 Å². The first kappa shape index (κ1) is 13.4. The summed E-state index contributed by atoms with van der Waals surface area (Å²) in [5, 5.41) is 0. The number of nitrogens with zero attached hydrogens (tertiary/aromatic N) is 1. The maximum absolute atomic E-state index is 12.8. The number of benzene rings is 1. The first-order chi connectivity index (χ1) is 9.66. The molecule has 108 valence electrons. The van der Waals surface area contributed by atoms with Crippen LogP contribution in [0.4, 0.5) is 5.69 Å². The van der Waals surface area contributed by atoms with Gasteiger partial charge in [-0.05, 0) is 43.9 Å². The summed E-state index contributed by atoms with van der Waals surface area (Å²) in [4.78, 5) is 14.8. The number of morpholine rings is 1. The van der Waals surface area contributed by atoms with Crippen LogP contribution >= 0.6 is 0 Å². The van der Waals surface area contributed by atoms with Gasteiger partial charge in [0.15, 0.2) is 0 Å². The van der Waals surface area contributed by atoms with Crippen molar-refractivity contribution in [2.45, 2.75) is 44.2 Å². The number of hydrogen-bond acceptors (Lipinski definition) is 3. The van der Waals surface area contributed by atoms with Gasteiger partial charge >= 0.3 is 0 Å². The normalized spacial score (nSPS) is 27.1. The van der Waals surface area contributed by atoms with Crippen LogP contribution in [0.25, 0.3) is 0 Å². The van der Waals surface area contributed by atoms with Gasteiger partial charge in [0.2, 0.25) is 5.91 Å². The molecule has 0 bridgehead atoms. The summed E-state index contributed by atoms with van der Waals surface area (Å²) in [6, 6.07) is 7.91. The van der Waals surface area contributed by atoms with Gasteiger partial charge < -0.3 is 15.4 Å². The Morgan fingerprint density at radius 1 is 1.45 bits per heavy atom. The number of fused-ring (bicyclic) bond motifs is 1. The monoisotopic (exact) mass is 274 g/mol. The number of nitrogens with two attached hydrogens (primary N) is 1. The van der Waals surface area contributed by atoms with E-state index < -0.39 is 0 Å². The maximum Gasteiger partial charge on any atom is 0.230 e. The van der Waals surface area contributed by atoms with Gasteiger partial charge in [-0.2, -0.15) is 0 Å². The number of carbonyl (C=O) groups is 1. The highest BCUT2D eigenvalue weighted by Crippen LogP contribution is 2.32. The molecule has 0 aromatic heterocycles. The molecule has 20 heavy (non-hydrogen) atoms. The van der Waals surface area contributed by atoms with Crippen LogP contribution in [0.15, 0.2) is 24.3 Å². The third kappa shape index (κ3) is 2.40. The van der Waals surface area contributed by atoms with E-state index in [0.717, 1.165) is 24.8 Å². The lowest BCUT2D eigenvalue weighted by atomic mass is 9.97. The van der Waals surface area contributed by atoms with Crippen molar-refractivity contribution in [2.75, 3.05) is 18.9 Å². The van der Waals surface area contributed by atoms with Crippen LogP contribution in [-0.4, -0.2) is 36.1 Å². The van der Waals surface area contributed by atoms with Gasteiger partial charge in [0, 0.05) is 12.2 Å². The summed E-state index contributed by atoms with van der Waals surface area (Å²) in [6.07, 6.45) is 3.56. The molecule has 3 rings (SSSR count). The Morgan fingerprint density at radius 2 is 2.30 bits per heavy atom. The van der Waals surface area contributed by atoms with Gasteiger partial charge in [0.1, 0.15) is 0 Å². The molecule has 2 N–H and O–H groups in total. The molecule has 1 saturated heterocycles. The molecule has 4 nitrogen and oxygen atoms in total. The smallest absolute Gasteiger partial charge is 0.230 e. The molecule has 1 aromatic rings. The van der Waals surface area contributed by atoms with Crippen molar-refractivity contribution in [3.05, 3.63) is 29.8 Å². The van der Waals surface area contributed by atoms with E-state index in [1.165, 1.54) is 0 Å². The van der Waals surface area contributed by atoms with E-state index in [2.05, 4.69) is 0 Å². The summed E-state index contributed by atoms with van der Waals surface area (Å²) in [6.45, 7) is 3.35. The van der Waals surface area contributed by atoms with Crippen LogP contribution in [0, 0.1) is 0 Å². The Balaban J connectivity index is 1.77. The number of amides is 1. The van der Waals surface area contributed by atoms with Crippen LogP contribution in [0.2, 0.25) is 0 Å². The molecule has 1 saturated carbocycles. The lowest BCUT2D eigenvalue weighted by Gasteiger charge is -2.39. The van der Waals surface area contributed by atoms with E-state index in [4.69, 9.17) is 10.5 Å². The fraction of sp³-hybridized carbons (Fsp3) is 0.562. The van der Waals surface area contributed by atoms with Crippen molar-refractivity contribution in [2.24, 2.45) is 0 Å². The minimum absolute atomic E-state index is 0.141. The van der Waals surface area contributed by atoms with E-state index in [0.29, 0.717) is 18.8 Å². The first-order valence-electron chi connectivity index (χ1n) is 7.44. The zero-order valence-electron chi connectivity index (χ0n) is 11.9. The van der Waals surface area contributed by atoms with Gasteiger partial charge in [-0.1, -0.05) is 12.1 Å². The minimum atomic E-state index is -0.141. The highest BCUT2D eigenvalue weighted by atomic mass is 16.5. The zero-order valence-corrected chi connectivity index (χ0v) is 11.9. The molecule has 2 fully saturated rings. The standard InChI is InChI=1S/C16H22N2O2/c1-11(12-4-2-5-13(17)10-12)16(19)18-8-9-20-15-7-3-6-14(15)18/h2,4-5,10-11,14-15H,3,6-9,17H2,1H3. The molecule has 0 radical (unpaired) electrons. The molecule has 0 spiro atoms. The highest BCUT2D eigenvalue weighted by molar-refractivity contribution is 5.84. The second-order valence-corrected chi connectivity index (χ2v) is 5.83. The quantitative estimate of drug-likeness (QED) is 0.841. The maximum atomic E-state index is 12.8.